The van der Waals surface area contributed by atoms with Gasteiger partial charge < -0.3 is 18.5 Å². The topological polar surface area (TPSA) is 71.1 Å². The van der Waals surface area contributed by atoms with E-state index < -0.39 is 13.6 Å². The van der Waals surface area contributed by atoms with Crippen LogP contribution in [0.4, 0.5) is 0 Å². The number of carbonyl (C=O) groups excluding carboxylic acids is 1. The molecule has 0 unspecified atom stereocenters. The van der Waals surface area contributed by atoms with Gasteiger partial charge in [0, 0.05) is 6.92 Å². The van der Waals surface area contributed by atoms with Crippen molar-refractivity contribution in [3.8, 4) is 0 Å². The molecule has 0 aliphatic rings. The van der Waals surface area contributed by atoms with Gasteiger partial charge in [0.25, 0.3) is 0 Å². The van der Waals surface area contributed by atoms with Crippen molar-refractivity contribution in [2.75, 3.05) is 19.6 Å². The summed E-state index contributed by atoms with van der Waals surface area (Å²) in [5.74, 6) is -0.392. The van der Waals surface area contributed by atoms with E-state index >= 15 is 0 Å². The molecule has 19 heavy (non-hydrogen) atoms. The maximum atomic E-state index is 12.4. The van der Waals surface area contributed by atoms with Gasteiger partial charge in [0.1, 0.15) is 0 Å². The Hall–Kier alpha value is -0.420. The zero-order valence-corrected chi connectivity index (χ0v) is 13.3. The molecular weight excluding hydrogens is 271 g/mol. The van der Waals surface area contributed by atoms with Gasteiger partial charge in [-0.1, -0.05) is 0 Å². The zero-order valence-electron chi connectivity index (χ0n) is 12.4. The highest BCUT2D eigenvalue weighted by atomic mass is 31.2. The van der Waals surface area contributed by atoms with Gasteiger partial charge in [0.2, 0.25) is 0 Å². The Morgan fingerprint density at radius 1 is 1.11 bits per heavy atom. The number of ether oxygens (including phenoxy) is 2. The Morgan fingerprint density at radius 2 is 1.63 bits per heavy atom. The molecule has 0 saturated carbocycles. The monoisotopic (exact) mass is 296 g/mol. The molecule has 0 amide bonds. The minimum Gasteiger partial charge on any atom is -0.439 e. The molecule has 0 radical (unpaired) electrons. The molecule has 0 aliphatic heterocycles. The van der Waals surface area contributed by atoms with Gasteiger partial charge in [-0.15, -0.1) is 0 Å². The molecule has 0 atom stereocenters. The predicted octanol–water partition coefficient (Wildman–Crippen LogP) is 2.96. The van der Waals surface area contributed by atoms with Crippen LogP contribution in [0.1, 0.15) is 41.0 Å². The van der Waals surface area contributed by atoms with Crippen LogP contribution >= 0.6 is 7.60 Å². The Bertz CT molecular complexity index is 289. The average molecular weight is 296 g/mol. The molecule has 0 bridgehead atoms. The van der Waals surface area contributed by atoms with Crippen LogP contribution in [0.15, 0.2) is 0 Å². The molecule has 0 fully saturated rings. The third-order valence-electron chi connectivity index (χ3n) is 1.81. The van der Waals surface area contributed by atoms with Crippen LogP contribution in [0.3, 0.4) is 0 Å². The summed E-state index contributed by atoms with van der Waals surface area (Å²) in [6, 6.07) is 0. The van der Waals surface area contributed by atoms with Gasteiger partial charge in [0.05, 0.1) is 25.0 Å². The van der Waals surface area contributed by atoms with E-state index in [2.05, 4.69) is 4.74 Å². The molecule has 114 valence electrons. The van der Waals surface area contributed by atoms with E-state index in [1.54, 1.807) is 0 Å². The fourth-order valence-corrected chi connectivity index (χ4v) is 3.38. The summed E-state index contributed by atoms with van der Waals surface area (Å²) in [5, 5.41) is 0. The molecule has 0 aromatic carbocycles. The standard InChI is InChI=1S/C12H25O6P/c1-10(2)17-19(14,18-11(3)4)8-6-7-15-9-16-12(5)13/h10-11H,6-9H2,1-5H3. The third kappa shape index (κ3) is 11.1. The lowest BCUT2D eigenvalue weighted by molar-refractivity contribution is -0.153. The fourth-order valence-electron chi connectivity index (χ4n) is 1.32. The van der Waals surface area contributed by atoms with Crippen molar-refractivity contribution in [3.63, 3.8) is 0 Å². The maximum Gasteiger partial charge on any atom is 0.331 e. The Balaban J connectivity index is 3.99. The average Bonchev–Trinajstić information content (AvgIpc) is 2.20. The molecule has 0 rings (SSSR count). The van der Waals surface area contributed by atoms with Crippen LogP contribution in [0, 0.1) is 0 Å². The molecule has 7 heteroatoms. The van der Waals surface area contributed by atoms with Gasteiger partial charge in [-0.3, -0.25) is 9.36 Å². The summed E-state index contributed by atoms with van der Waals surface area (Å²) in [6.07, 6.45) is 0.472. The molecule has 0 heterocycles. The Labute approximate surface area is 115 Å². The van der Waals surface area contributed by atoms with Gasteiger partial charge in [0.15, 0.2) is 6.79 Å². The first-order valence-corrected chi connectivity index (χ1v) is 8.15. The Morgan fingerprint density at radius 3 is 2.05 bits per heavy atom. The van der Waals surface area contributed by atoms with E-state index in [1.165, 1.54) is 6.92 Å². The second-order valence-corrected chi connectivity index (χ2v) is 6.75. The highest BCUT2D eigenvalue weighted by Crippen LogP contribution is 2.50. The maximum absolute atomic E-state index is 12.4. The third-order valence-corrected chi connectivity index (χ3v) is 4.16. The molecule has 0 aliphatic carbocycles. The number of hydrogen-bond donors (Lipinski definition) is 0. The minimum absolute atomic E-state index is 0.0876. The van der Waals surface area contributed by atoms with Crippen LogP contribution in [0.5, 0.6) is 0 Å². The molecule has 0 aromatic rings. The first-order valence-electron chi connectivity index (χ1n) is 6.42. The van der Waals surface area contributed by atoms with Crippen molar-refractivity contribution in [1.82, 2.24) is 0 Å². The van der Waals surface area contributed by atoms with Crippen LogP contribution < -0.4 is 0 Å². The summed E-state index contributed by atoms with van der Waals surface area (Å²) in [4.78, 5) is 10.5. The van der Waals surface area contributed by atoms with E-state index in [4.69, 9.17) is 13.8 Å². The van der Waals surface area contributed by atoms with Gasteiger partial charge in [-0.2, -0.15) is 0 Å². The summed E-state index contributed by atoms with van der Waals surface area (Å²) in [5.41, 5.74) is 0. The molecule has 0 spiro atoms. The van der Waals surface area contributed by atoms with Crippen LogP contribution in [0.2, 0.25) is 0 Å². The zero-order chi connectivity index (χ0) is 14.9. The van der Waals surface area contributed by atoms with Gasteiger partial charge >= 0.3 is 13.6 Å². The van der Waals surface area contributed by atoms with Crippen LogP contribution in [-0.2, 0) is 27.9 Å². The van der Waals surface area contributed by atoms with Crippen molar-refractivity contribution in [2.24, 2.45) is 0 Å². The van der Waals surface area contributed by atoms with Crippen molar-refractivity contribution in [3.05, 3.63) is 0 Å². The molecular formula is C12H25O6P. The van der Waals surface area contributed by atoms with Crippen molar-refractivity contribution >= 4 is 13.6 Å². The SMILES string of the molecule is CC(=O)OCOCCCP(=O)(OC(C)C)OC(C)C. The van der Waals surface area contributed by atoms with E-state index in [0.29, 0.717) is 13.0 Å². The number of esters is 1. The lowest BCUT2D eigenvalue weighted by Gasteiger charge is -2.22. The lowest BCUT2D eigenvalue weighted by atomic mass is 10.5. The molecule has 0 N–H and O–H groups in total. The summed E-state index contributed by atoms with van der Waals surface area (Å²) >= 11 is 0. The van der Waals surface area contributed by atoms with Crippen LogP contribution in [-0.4, -0.2) is 37.7 Å². The van der Waals surface area contributed by atoms with Gasteiger partial charge in [-0.25, -0.2) is 0 Å². The number of rotatable bonds is 10. The largest absolute Gasteiger partial charge is 0.439 e. The van der Waals surface area contributed by atoms with Crippen molar-refractivity contribution < 1.29 is 27.9 Å². The highest BCUT2D eigenvalue weighted by Gasteiger charge is 2.26. The van der Waals surface area contributed by atoms with E-state index in [0.717, 1.165) is 0 Å². The lowest BCUT2D eigenvalue weighted by Crippen LogP contribution is -2.12. The van der Waals surface area contributed by atoms with Gasteiger partial charge in [-0.05, 0) is 34.1 Å². The normalized spacial score (nSPS) is 12.2. The first kappa shape index (κ1) is 18.6. The van der Waals surface area contributed by atoms with Crippen LogP contribution in [0.25, 0.3) is 0 Å². The minimum atomic E-state index is -3.09. The second-order valence-electron chi connectivity index (χ2n) is 4.66. The van der Waals surface area contributed by atoms with E-state index in [1.807, 2.05) is 27.7 Å². The molecule has 6 nitrogen and oxygen atoms in total. The fraction of sp³-hybridized carbons (Fsp3) is 0.917. The highest BCUT2D eigenvalue weighted by molar-refractivity contribution is 7.53. The quantitative estimate of drug-likeness (QED) is 0.267. The second kappa shape index (κ2) is 9.48. The smallest absolute Gasteiger partial charge is 0.331 e. The summed E-state index contributed by atoms with van der Waals surface area (Å²) in [6.45, 7) is 8.81. The Kier molecular flexibility index (Phi) is 9.27. The van der Waals surface area contributed by atoms with Crippen molar-refractivity contribution in [1.29, 1.82) is 0 Å². The number of carbonyl (C=O) groups is 1. The van der Waals surface area contributed by atoms with Crippen molar-refractivity contribution in [2.45, 2.75) is 53.2 Å². The molecule has 0 aromatic heterocycles. The summed E-state index contributed by atoms with van der Waals surface area (Å²) in [7, 11) is -3.09. The number of hydrogen-bond acceptors (Lipinski definition) is 6. The van der Waals surface area contributed by atoms with E-state index in [9.17, 15) is 9.36 Å². The first-order chi connectivity index (χ1) is 8.75. The molecule has 0 saturated heterocycles. The summed E-state index contributed by atoms with van der Waals surface area (Å²) < 4.78 is 32.8. The van der Waals surface area contributed by atoms with E-state index in [-0.39, 0.29) is 25.2 Å². The predicted molar refractivity (Wildman–Crippen MR) is 72.1 cm³/mol.